The SMILES string of the molecule is Cl[C]12[CH]3[C]4(P(c5ccccc5)c5ccccc5)[C]5(P(c6ccccc6)c6ccccc6)[C]1(Cl)[Fe]32451678[CH]2[CH]1[CH]6[CH]7[CH]28. The molecule has 1 spiro atoms. The molecule has 10 fully saturated rings. The van der Waals surface area contributed by atoms with Crippen LogP contribution in [-0.2, 0) is 6.51 Å². The Bertz CT molecular complexity index is 2180. The maximum absolute atomic E-state index is 8.58. The first-order chi connectivity index (χ1) is 18.9. The fourth-order valence-electron chi connectivity index (χ4n) is 21.0. The van der Waals surface area contributed by atoms with Crippen LogP contribution >= 0.6 is 39.0 Å². The fraction of sp³-hybridized carbons (Fsp3) is 0.294. The molecule has 0 bridgehead atoms. The third kappa shape index (κ3) is 0.454. The van der Waals surface area contributed by atoms with Crippen LogP contribution in [0.15, 0.2) is 121 Å². The molecule has 0 saturated carbocycles. The van der Waals surface area contributed by atoms with Gasteiger partial charge in [0.25, 0.3) is 0 Å². The molecule has 0 aromatic heterocycles. The van der Waals surface area contributed by atoms with E-state index in [9.17, 15) is 0 Å². The summed E-state index contributed by atoms with van der Waals surface area (Å²) in [6.45, 7) is -4.62. The van der Waals surface area contributed by atoms with E-state index in [1.54, 1.807) is 21.2 Å². The fourth-order valence-corrected chi connectivity index (χ4v) is 138. The first-order valence-electron chi connectivity index (χ1n) is 14.3. The number of hydrogen-bond donors (Lipinski definition) is 0. The van der Waals surface area contributed by atoms with Crippen molar-refractivity contribution in [1.29, 1.82) is 0 Å². The number of halogens is 2. The second-order valence-corrected chi connectivity index (χ2v) is 45.5. The first-order valence-corrected chi connectivity index (χ1v) is 23.8. The average molecular weight is 623 g/mol. The van der Waals surface area contributed by atoms with Crippen LogP contribution in [0.1, 0.15) is 0 Å². The van der Waals surface area contributed by atoms with Gasteiger partial charge in [0, 0.05) is 0 Å². The summed E-state index contributed by atoms with van der Waals surface area (Å²) in [6, 6.07) is 46.7. The molecule has 10 heterocycles. The number of hydrogen-bond acceptors (Lipinski definition) is 0. The summed E-state index contributed by atoms with van der Waals surface area (Å²) in [7, 11) is -1.16. The normalized spacial score (nSPS) is 64.3. The van der Waals surface area contributed by atoms with Crippen LogP contribution in [0.25, 0.3) is 0 Å². The van der Waals surface area contributed by atoms with E-state index in [-0.39, 0.29) is 11.6 Å². The van der Waals surface area contributed by atoms with Gasteiger partial charge in [-0.3, -0.25) is 0 Å². The second kappa shape index (κ2) is 3.09. The van der Waals surface area contributed by atoms with E-state index in [2.05, 4.69) is 121 Å². The molecule has 5 unspecified atom stereocenters. The Morgan fingerprint density at radius 2 is 0.821 bits per heavy atom. The zero-order valence-corrected chi connectivity index (χ0v) is 25.4. The van der Waals surface area contributed by atoms with E-state index in [1.165, 1.54) is 0 Å². The van der Waals surface area contributed by atoms with Crippen molar-refractivity contribution in [3.63, 3.8) is 0 Å². The van der Waals surface area contributed by atoms with Crippen LogP contribution in [0, 0.1) is 0 Å². The summed E-state index contributed by atoms with van der Waals surface area (Å²) in [6.07, 6.45) is 0. The second-order valence-electron chi connectivity index (χ2n) is 15.7. The summed E-state index contributed by atoms with van der Waals surface area (Å²) >= 11 is 16.9. The van der Waals surface area contributed by atoms with E-state index in [4.69, 9.17) is 23.2 Å². The zero-order chi connectivity index (χ0) is 25.4. The van der Waals surface area contributed by atoms with Crippen molar-refractivity contribution in [3.8, 4) is 0 Å². The Morgan fingerprint density at radius 3 is 1.13 bits per heavy atom. The third-order valence-corrected chi connectivity index (χ3v) is 83.0. The Morgan fingerprint density at radius 1 is 0.487 bits per heavy atom. The van der Waals surface area contributed by atoms with Gasteiger partial charge >= 0.3 is 233 Å². The van der Waals surface area contributed by atoms with E-state index in [0.717, 1.165) is 28.9 Å². The van der Waals surface area contributed by atoms with Gasteiger partial charge in [0.2, 0.25) is 0 Å². The maximum atomic E-state index is 8.58. The first kappa shape index (κ1) is 19.9. The molecular formula is C34H26Cl2FeP2. The molecule has 4 aromatic carbocycles. The molecule has 0 radical (unpaired) electrons. The van der Waals surface area contributed by atoms with Gasteiger partial charge < -0.3 is 0 Å². The number of alkyl halides is 2. The predicted octanol–water partition coefficient (Wildman–Crippen LogP) is 7.75. The molecular weight excluding hydrogens is 597 g/mol. The standard InChI is InChI=1S/C29H21Cl2P2.C5H5.Fe/c30-26-21-27(32(22-13-5-1-6-14-22)23-15-7-2-8-16-23)29(28(26)31)33(24-17-9-3-10-18-24)25-19-11-4-12-20-25;1-2-4-5-3-1;/h1-21H;1-5H;. The van der Waals surface area contributed by atoms with Crippen molar-refractivity contribution in [1.82, 2.24) is 0 Å². The van der Waals surface area contributed by atoms with Crippen molar-refractivity contribution in [2.45, 2.75) is 44.6 Å². The van der Waals surface area contributed by atoms with Gasteiger partial charge in [-0.1, -0.05) is 0 Å². The Hall–Kier alpha value is -1.16. The Kier molecular flexibility index (Phi) is 1.57. The molecule has 39 heavy (non-hydrogen) atoms. The van der Waals surface area contributed by atoms with Crippen LogP contribution in [0.4, 0.5) is 0 Å². The molecule has 5 heteroatoms. The topological polar surface area (TPSA) is 0 Å². The van der Waals surface area contributed by atoms with Gasteiger partial charge in [-0.15, -0.1) is 0 Å². The van der Waals surface area contributed by atoms with Crippen molar-refractivity contribution < 1.29 is 6.51 Å². The summed E-state index contributed by atoms with van der Waals surface area (Å²) < 4.78 is 0.618. The summed E-state index contributed by atoms with van der Waals surface area (Å²) in [4.78, 5) is 5.60. The van der Waals surface area contributed by atoms with E-state index < -0.39 is 22.4 Å². The summed E-state index contributed by atoms with van der Waals surface area (Å²) in [5, 5.41) is 6.29. The van der Waals surface area contributed by atoms with Gasteiger partial charge in [0.05, 0.1) is 0 Å². The number of fused-ring (bicyclic) bond motifs is 10. The average Bonchev–Trinajstić information content (AvgIpc) is 3.95. The molecule has 10 saturated heterocycles. The minimum atomic E-state index is -4.62. The molecule has 0 N–H and O–H groups in total. The molecule has 14 rings (SSSR count). The zero-order valence-electron chi connectivity index (χ0n) is 21.0. The minimum absolute atomic E-state index is 0.00652. The van der Waals surface area contributed by atoms with Crippen LogP contribution in [0.5, 0.6) is 0 Å². The van der Waals surface area contributed by atoms with Crippen LogP contribution in [-0.4, -0.2) is 15.7 Å². The third-order valence-electron chi connectivity index (χ3n) is 19.4. The quantitative estimate of drug-likeness (QED) is 0.117. The van der Waals surface area contributed by atoms with Crippen LogP contribution in [0.3, 0.4) is 0 Å². The molecule has 10 aliphatic rings. The number of benzene rings is 4. The van der Waals surface area contributed by atoms with Crippen molar-refractivity contribution in [3.05, 3.63) is 121 Å². The van der Waals surface area contributed by atoms with Gasteiger partial charge in [-0.25, -0.2) is 0 Å². The Labute approximate surface area is 231 Å². The monoisotopic (exact) mass is 622 g/mol. The molecule has 10 aliphatic heterocycles. The van der Waals surface area contributed by atoms with Crippen molar-refractivity contribution in [2.75, 3.05) is 0 Å². The Balaban J connectivity index is 1.20. The van der Waals surface area contributed by atoms with Crippen molar-refractivity contribution >= 4 is 60.3 Å². The molecule has 194 valence electrons. The van der Waals surface area contributed by atoms with E-state index in [0.29, 0.717) is 4.05 Å². The van der Waals surface area contributed by atoms with Gasteiger partial charge in [-0.2, -0.15) is 0 Å². The van der Waals surface area contributed by atoms with E-state index >= 15 is 0 Å². The van der Waals surface area contributed by atoms with E-state index in [1.807, 2.05) is 0 Å². The van der Waals surface area contributed by atoms with Crippen LogP contribution in [0.2, 0.25) is 28.9 Å². The van der Waals surface area contributed by atoms with Gasteiger partial charge in [0.15, 0.2) is 0 Å². The van der Waals surface area contributed by atoms with Gasteiger partial charge in [0.1, 0.15) is 0 Å². The number of rotatable bonds is 6. The van der Waals surface area contributed by atoms with Crippen molar-refractivity contribution in [2.24, 2.45) is 0 Å². The van der Waals surface area contributed by atoms with Crippen LogP contribution < -0.4 is 21.2 Å². The molecule has 0 aliphatic carbocycles. The molecule has 4 aromatic rings. The molecule has 0 amide bonds. The molecule has 0 nitrogen and oxygen atoms in total. The molecule has 5 atom stereocenters. The summed E-state index contributed by atoms with van der Waals surface area (Å²) in [5.41, 5.74) is 0. The van der Waals surface area contributed by atoms with Gasteiger partial charge in [-0.05, 0) is 0 Å². The summed E-state index contributed by atoms with van der Waals surface area (Å²) in [5.74, 6) is 0. The predicted molar refractivity (Wildman–Crippen MR) is 163 cm³/mol.